The van der Waals surface area contributed by atoms with Gasteiger partial charge in [-0.25, -0.2) is 8.42 Å². The molecule has 32 heavy (non-hydrogen) atoms. The van der Waals surface area contributed by atoms with E-state index in [4.69, 9.17) is 4.74 Å². The van der Waals surface area contributed by atoms with Crippen LogP contribution in [-0.2, 0) is 14.8 Å². The summed E-state index contributed by atoms with van der Waals surface area (Å²) in [5, 5.41) is 10.3. The van der Waals surface area contributed by atoms with Gasteiger partial charge in [-0.3, -0.25) is 9.10 Å². The minimum Gasteiger partial charge on any atom is -0.494 e. The Bertz CT molecular complexity index is 1010. The molecule has 0 bridgehead atoms. The molecule has 0 aliphatic heterocycles. The van der Waals surface area contributed by atoms with Gasteiger partial charge < -0.3 is 14.7 Å². The van der Waals surface area contributed by atoms with Crippen LogP contribution in [0, 0.1) is 6.92 Å². The van der Waals surface area contributed by atoms with Crippen molar-refractivity contribution in [3.63, 3.8) is 0 Å². The van der Waals surface area contributed by atoms with E-state index in [-0.39, 0.29) is 23.4 Å². The molecule has 1 aliphatic carbocycles. The highest BCUT2D eigenvalue weighted by Crippen LogP contribution is 2.27. The highest BCUT2D eigenvalue weighted by Gasteiger charge is 2.33. The van der Waals surface area contributed by atoms with Gasteiger partial charge in [0.05, 0.1) is 29.3 Å². The maximum Gasteiger partial charge on any atom is 0.264 e. The van der Waals surface area contributed by atoms with Gasteiger partial charge in [0.15, 0.2) is 0 Å². The molecule has 0 radical (unpaired) electrons. The second kappa shape index (κ2) is 10.4. The van der Waals surface area contributed by atoms with Crippen molar-refractivity contribution in [1.29, 1.82) is 0 Å². The number of aliphatic hydroxyl groups is 1. The first-order valence-corrected chi connectivity index (χ1v) is 12.4. The lowest BCUT2D eigenvalue weighted by molar-refractivity contribution is -0.133. The van der Waals surface area contributed by atoms with E-state index in [9.17, 15) is 18.3 Å². The van der Waals surface area contributed by atoms with Crippen molar-refractivity contribution in [2.24, 2.45) is 0 Å². The summed E-state index contributed by atoms with van der Waals surface area (Å²) < 4.78 is 33.6. The highest BCUT2D eigenvalue weighted by molar-refractivity contribution is 7.92. The van der Waals surface area contributed by atoms with Crippen LogP contribution in [0.1, 0.15) is 38.2 Å². The van der Waals surface area contributed by atoms with E-state index in [0.717, 1.165) is 22.7 Å². The quantitative estimate of drug-likeness (QED) is 0.653. The molecule has 1 amide bonds. The van der Waals surface area contributed by atoms with Crippen LogP contribution in [0.5, 0.6) is 5.75 Å². The summed E-state index contributed by atoms with van der Waals surface area (Å²) in [7, 11) is -2.35. The molecule has 1 saturated carbocycles. The van der Waals surface area contributed by atoms with Gasteiger partial charge in [-0.2, -0.15) is 0 Å². The Kier molecular flexibility index (Phi) is 7.79. The van der Waals surface area contributed by atoms with Gasteiger partial charge in [0, 0.05) is 7.05 Å². The Labute approximate surface area is 190 Å². The number of aliphatic hydroxyl groups excluding tert-OH is 1. The third kappa shape index (κ3) is 5.42. The summed E-state index contributed by atoms with van der Waals surface area (Å²) in [5.74, 6) is 0.262. The average molecular weight is 461 g/mol. The van der Waals surface area contributed by atoms with Gasteiger partial charge in [-0.05, 0) is 63.1 Å². The standard InChI is InChI=1S/C24H32N2O5S/c1-4-31-20-13-11-19(12-14-20)26(32(29,30)21-15-9-18(2)10-16-21)17-24(28)25(3)22-7-5-6-8-23(22)27/h9-16,22-23,27H,4-8,17H2,1-3H3. The zero-order valence-corrected chi connectivity index (χ0v) is 19.7. The largest absolute Gasteiger partial charge is 0.494 e. The van der Waals surface area contributed by atoms with Crippen molar-refractivity contribution in [2.45, 2.75) is 56.6 Å². The first-order valence-electron chi connectivity index (χ1n) is 11.0. The number of sulfonamides is 1. The highest BCUT2D eigenvalue weighted by atomic mass is 32.2. The monoisotopic (exact) mass is 460 g/mol. The van der Waals surface area contributed by atoms with Crippen LogP contribution in [0.3, 0.4) is 0 Å². The lowest BCUT2D eigenvalue weighted by Gasteiger charge is -2.36. The first kappa shape index (κ1) is 24.1. The van der Waals surface area contributed by atoms with Crippen LogP contribution in [-0.4, -0.2) is 56.7 Å². The molecule has 2 atom stereocenters. The summed E-state index contributed by atoms with van der Waals surface area (Å²) in [5.41, 5.74) is 1.32. The van der Waals surface area contributed by atoms with Gasteiger partial charge in [0.2, 0.25) is 5.91 Å². The molecule has 2 unspecified atom stereocenters. The third-order valence-electron chi connectivity index (χ3n) is 5.91. The van der Waals surface area contributed by atoms with E-state index < -0.39 is 16.1 Å². The number of rotatable bonds is 8. The molecule has 0 spiro atoms. The second-order valence-corrected chi connectivity index (χ2v) is 10.0. The molecule has 7 nitrogen and oxygen atoms in total. The SMILES string of the molecule is CCOc1ccc(N(CC(=O)N(C)C2CCCCC2O)S(=O)(=O)c2ccc(C)cc2)cc1. The molecule has 0 heterocycles. The summed E-state index contributed by atoms with van der Waals surface area (Å²) in [4.78, 5) is 14.8. The van der Waals surface area contributed by atoms with Gasteiger partial charge in [0.25, 0.3) is 10.0 Å². The molecule has 8 heteroatoms. The second-order valence-electron chi connectivity index (χ2n) is 8.18. The molecular formula is C24H32N2O5S. The number of amides is 1. The number of benzene rings is 2. The van der Waals surface area contributed by atoms with Crippen LogP contribution in [0.2, 0.25) is 0 Å². The number of anilines is 1. The zero-order chi connectivity index (χ0) is 23.3. The lowest BCUT2D eigenvalue weighted by atomic mass is 9.91. The van der Waals surface area contributed by atoms with Crippen molar-refractivity contribution in [3.8, 4) is 5.75 Å². The molecule has 0 saturated heterocycles. The van der Waals surface area contributed by atoms with Crippen LogP contribution >= 0.6 is 0 Å². The smallest absolute Gasteiger partial charge is 0.264 e. The Hall–Kier alpha value is -2.58. The van der Waals surface area contributed by atoms with E-state index in [1.54, 1.807) is 55.6 Å². The summed E-state index contributed by atoms with van der Waals surface area (Å²) >= 11 is 0. The molecule has 2 aromatic rings. The third-order valence-corrected chi connectivity index (χ3v) is 7.70. The number of aryl methyl sites for hydroxylation is 1. The number of likely N-dealkylation sites (N-methyl/N-ethyl adjacent to an activating group) is 1. The lowest BCUT2D eigenvalue weighted by Crippen LogP contribution is -2.50. The molecule has 1 N–H and O–H groups in total. The molecule has 3 rings (SSSR count). The first-order chi connectivity index (χ1) is 15.2. The van der Waals surface area contributed by atoms with Gasteiger partial charge in [0.1, 0.15) is 12.3 Å². The molecule has 174 valence electrons. The van der Waals surface area contributed by atoms with Crippen LogP contribution in [0.25, 0.3) is 0 Å². The van der Waals surface area contributed by atoms with Crippen molar-refractivity contribution in [2.75, 3.05) is 24.5 Å². The molecule has 1 fully saturated rings. The predicted molar refractivity (Wildman–Crippen MR) is 124 cm³/mol. The number of nitrogens with zero attached hydrogens (tertiary/aromatic N) is 2. The van der Waals surface area contributed by atoms with E-state index in [2.05, 4.69) is 0 Å². The molecule has 0 aromatic heterocycles. The van der Waals surface area contributed by atoms with Crippen LogP contribution in [0.15, 0.2) is 53.4 Å². The van der Waals surface area contributed by atoms with E-state index >= 15 is 0 Å². The zero-order valence-electron chi connectivity index (χ0n) is 18.9. The minimum absolute atomic E-state index is 0.116. The van der Waals surface area contributed by atoms with Crippen molar-refractivity contribution < 1.29 is 23.1 Å². The van der Waals surface area contributed by atoms with E-state index in [0.29, 0.717) is 30.9 Å². The van der Waals surface area contributed by atoms with E-state index in [1.165, 1.54) is 4.90 Å². The van der Waals surface area contributed by atoms with E-state index in [1.807, 2.05) is 13.8 Å². The van der Waals surface area contributed by atoms with Gasteiger partial charge >= 0.3 is 0 Å². The Balaban J connectivity index is 1.92. The van der Waals surface area contributed by atoms with Crippen LogP contribution < -0.4 is 9.04 Å². The Morgan fingerprint density at radius 2 is 1.69 bits per heavy atom. The predicted octanol–water partition coefficient (Wildman–Crippen LogP) is 3.35. The number of hydrogen-bond acceptors (Lipinski definition) is 5. The summed E-state index contributed by atoms with van der Waals surface area (Å²) in [6.07, 6.45) is 2.62. The molecule has 1 aliphatic rings. The topological polar surface area (TPSA) is 87.2 Å². The Morgan fingerprint density at radius 3 is 2.28 bits per heavy atom. The number of carbonyl (C=O) groups excluding carboxylic acids is 1. The van der Waals surface area contributed by atoms with Crippen molar-refractivity contribution in [3.05, 3.63) is 54.1 Å². The number of hydrogen-bond donors (Lipinski definition) is 1. The summed E-state index contributed by atoms with van der Waals surface area (Å²) in [6, 6.07) is 12.9. The normalized spacial score (nSPS) is 18.8. The number of carbonyl (C=O) groups is 1. The van der Waals surface area contributed by atoms with Crippen molar-refractivity contribution in [1.82, 2.24) is 4.90 Å². The fraction of sp³-hybridized carbons (Fsp3) is 0.458. The minimum atomic E-state index is -3.99. The maximum atomic E-state index is 13.5. The van der Waals surface area contributed by atoms with Crippen LogP contribution in [0.4, 0.5) is 5.69 Å². The fourth-order valence-electron chi connectivity index (χ4n) is 3.99. The average Bonchev–Trinajstić information content (AvgIpc) is 2.78. The fourth-order valence-corrected chi connectivity index (χ4v) is 5.40. The maximum absolute atomic E-state index is 13.5. The molecular weight excluding hydrogens is 428 g/mol. The van der Waals surface area contributed by atoms with Crippen molar-refractivity contribution >= 4 is 21.6 Å². The van der Waals surface area contributed by atoms with Gasteiger partial charge in [-0.15, -0.1) is 0 Å². The molecule has 2 aromatic carbocycles. The summed E-state index contributed by atoms with van der Waals surface area (Å²) in [6.45, 7) is 3.90. The Morgan fingerprint density at radius 1 is 1.06 bits per heavy atom. The van der Waals surface area contributed by atoms with Gasteiger partial charge in [-0.1, -0.05) is 30.5 Å². The number of ether oxygens (including phenoxy) is 1.